The summed E-state index contributed by atoms with van der Waals surface area (Å²) in [5, 5.41) is 4.48. The first-order chi connectivity index (χ1) is 10.2. The monoisotopic (exact) mass is 340 g/mol. The summed E-state index contributed by atoms with van der Waals surface area (Å²) in [6.45, 7) is 2.15. The van der Waals surface area contributed by atoms with E-state index < -0.39 is 0 Å². The zero-order chi connectivity index (χ0) is 15.2. The maximum Gasteiger partial charge on any atom is 0.107 e. The lowest BCUT2D eigenvalue weighted by Gasteiger charge is -2.30. The summed E-state index contributed by atoms with van der Waals surface area (Å²) in [5.41, 5.74) is 8.10. The number of thiocarbonyl (C=S) groups is 1. The molecular formula is C16H24N2S3. The predicted octanol–water partition coefficient (Wildman–Crippen LogP) is 4.52. The molecule has 0 bridgehead atoms. The van der Waals surface area contributed by atoms with Crippen LogP contribution in [0, 0.1) is 0 Å². The first kappa shape index (κ1) is 17.0. The first-order valence-electron chi connectivity index (χ1n) is 7.50. The Morgan fingerprint density at radius 3 is 2.90 bits per heavy atom. The lowest BCUT2D eigenvalue weighted by atomic mass is 9.94. The van der Waals surface area contributed by atoms with Crippen molar-refractivity contribution >= 4 is 46.4 Å². The van der Waals surface area contributed by atoms with E-state index >= 15 is 0 Å². The molecular weight excluding hydrogens is 316 g/mol. The van der Waals surface area contributed by atoms with Crippen molar-refractivity contribution in [3.05, 3.63) is 23.8 Å². The van der Waals surface area contributed by atoms with Crippen LogP contribution in [0.25, 0.3) is 0 Å². The Labute approximate surface area is 142 Å². The highest BCUT2D eigenvalue weighted by Gasteiger charge is 2.22. The van der Waals surface area contributed by atoms with Gasteiger partial charge in [-0.25, -0.2) is 0 Å². The molecule has 0 amide bonds. The van der Waals surface area contributed by atoms with Gasteiger partial charge in [-0.1, -0.05) is 31.6 Å². The fraction of sp³-hybridized carbons (Fsp3) is 0.562. The second-order valence-electron chi connectivity index (χ2n) is 5.34. The van der Waals surface area contributed by atoms with E-state index in [1.807, 2.05) is 11.8 Å². The minimum atomic E-state index is 0.492. The van der Waals surface area contributed by atoms with Crippen molar-refractivity contribution < 1.29 is 0 Å². The van der Waals surface area contributed by atoms with E-state index in [9.17, 15) is 0 Å². The topological polar surface area (TPSA) is 38.0 Å². The molecule has 1 aliphatic carbocycles. The van der Waals surface area contributed by atoms with Crippen molar-refractivity contribution in [3.63, 3.8) is 0 Å². The van der Waals surface area contributed by atoms with E-state index in [0.29, 0.717) is 11.0 Å². The van der Waals surface area contributed by atoms with Crippen molar-refractivity contribution in [1.29, 1.82) is 0 Å². The molecule has 2 nitrogen and oxygen atoms in total. The van der Waals surface area contributed by atoms with Gasteiger partial charge in [-0.15, -0.1) is 11.8 Å². The van der Waals surface area contributed by atoms with Crippen LogP contribution in [0.2, 0.25) is 0 Å². The SMILES string of the molecule is CCSc1cccc(NC2CCCC(SC)C2)c1C(N)=S. The average Bonchev–Trinajstić information content (AvgIpc) is 2.47. The second kappa shape index (κ2) is 8.30. The van der Waals surface area contributed by atoms with E-state index in [0.717, 1.165) is 22.3 Å². The quantitative estimate of drug-likeness (QED) is 0.588. The minimum Gasteiger partial charge on any atom is -0.389 e. The Balaban J connectivity index is 2.19. The van der Waals surface area contributed by atoms with Gasteiger partial charge in [-0.3, -0.25) is 0 Å². The molecule has 1 aromatic rings. The Bertz CT molecular complexity index is 490. The highest BCUT2D eigenvalue weighted by atomic mass is 32.2. The van der Waals surface area contributed by atoms with Gasteiger partial charge >= 0.3 is 0 Å². The third-order valence-electron chi connectivity index (χ3n) is 3.89. The number of hydrogen-bond acceptors (Lipinski definition) is 4. The minimum absolute atomic E-state index is 0.492. The summed E-state index contributed by atoms with van der Waals surface area (Å²) < 4.78 is 0. The van der Waals surface area contributed by atoms with E-state index in [2.05, 4.69) is 36.7 Å². The first-order valence-corrected chi connectivity index (χ1v) is 10.2. The molecule has 0 spiro atoms. The van der Waals surface area contributed by atoms with Crippen molar-refractivity contribution in [3.8, 4) is 0 Å². The molecule has 3 N–H and O–H groups in total. The van der Waals surface area contributed by atoms with Crippen LogP contribution >= 0.6 is 35.7 Å². The maximum atomic E-state index is 5.98. The summed E-state index contributed by atoms with van der Waals surface area (Å²) in [6, 6.07) is 6.85. The molecule has 2 rings (SSSR count). The number of thioether (sulfide) groups is 2. The summed E-state index contributed by atoms with van der Waals surface area (Å²) in [6.07, 6.45) is 7.32. The van der Waals surface area contributed by atoms with Gasteiger partial charge in [0.25, 0.3) is 0 Å². The highest BCUT2D eigenvalue weighted by Crippen LogP contribution is 2.32. The molecule has 1 saturated carbocycles. The third-order valence-corrected chi connectivity index (χ3v) is 6.13. The molecule has 2 unspecified atom stereocenters. The molecule has 0 aliphatic heterocycles. The number of nitrogens with one attached hydrogen (secondary N) is 1. The zero-order valence-electron chi connectivity index (χ0n) is 12.7. The van der Waals surface area contributed by atoms with E-state index in [1.54, 1.807) is 11.8 Å². The standard InChI is InChI=1S/C16H24N2S3/c1-3-21-14-9-5-8-13(15(14)16(17)19)18-11-6-4-7-12(10-11)20-2/h5,8-9,11-12,18H,3-4,6-7,10H2,1-2H3,(H2,17,19). The van der Waals surface area contributed by atoms with Crippen LogP contribution in [0.4, 0.5) is 5.69 Å². The number of nitrogens with two attached hydrogens (primary N) is 1. The van der Waals surface area contributed by atoms with Crippen LogP contribution in [0.1, 0.15) is 38.2 Å². The Hall–Kier alpha value is -0.390. The molecule has 1 fully saturated rings. The Morgan fingerprint density at radius 1 is 1.43 bits per heavy atom. The number of anilines is 1. The Morgan fingerprint density at radius 2 is 2.24 bits per heavy atom. The smallest absolute Gasteiger partial charge is 0.107 e. The second-order valence-corrected chi connectivity index (χ2v) is 8.23. The highest BCUT2D eigenvalue weighted by molar-refractivity contribution is 7.99. The molecule has 2 atom stereocenters. The summed E-state index contributed by atoms with van der Waals surface area (Å²) in [4.78, 5) is 1.68. The van der Waals surface area contributed by atoms with Gasteiger partial charge < -0.3 is 11.1 Å². The van der Waals surface area contributed by atoms with Crippen molar-refractivity contribution in [1.82, 2.24) is 0 Å². The van der Waals surface area contributed by atoms with Crippen LogP contribution in [0.3, 0.4) is 0 Å². The summed E-state index contributed by atoms with van der Waals surface area (Å²) in [7, 11) is 0. The maximum absolute atomic E-state index is 5.98. The number of rotatable bonds is 6. The zero-order valence-corrected chi connectivity index (χ0v) is 15.2. The molecule has 21 heavy (non-hydrogen) atoms. The lowest BCUT2D eigenvalue weighted by molar-refractivity contribution is 0.473. The van der Waals surface area contributed by atoms with Gasteiger partial charge in [0.2, 0.25) is 0 Å². The average molecular weight is 341 g/mol. The van der Waals surface area contributed by atoms with Crippen LogP contribution in [0.15, 0.2) is 23.1 Å². The van der Waals surface area contributed by atoms with E-state index in [-0.39, 0.29) is 0 Å². The van der Waals surface area contributed by atoms with Gasteiger partial charge in [0.15, 0.2) is 0 Å². The fourth-order valence-electron chi connectivity index (χ4n) is 2.89. The van der Waals surface area contributed by atoms with E-state index in [4.69, 9.17) is 18.0 Å². The fourth-order valence-corrected chi connectivity index (χ4v) is 4.85. The number of hydrogen-bond donors (Lipinski definition) is 2. The van der Waals surface area contributed by atoms with Crippen molar-refractivity contribution in [2.45, 2.75) is 48.8 Å². The number of benzene rings is 1. The molecule has 116 valence electrons. The van der Waals surface area contributed by atoms with Crippen LogP contribution in [-0.2, 0) is 0 Å². The normalized spacial score (nSPS) is 22.0. The van der Waals surface area contributed by atoms with Gasteiger partial charge in [-0.2, -0.15) is 11.8 Å². The molecule has 0 aromatic heterocycles. The van der Waals surface area contributed by atoms with Crippen LogP contribution < -0.4 is 11.1 Å². The van der Waals surface area contributed by atoms with Crippen LogP contribution in [-0.4, -0.2) is 28.3 Å². The molecule has 0 heterocycles. The molecule has 0 radical (unpaired) electrons. The van der Waals surface area contributed by atoms with Gasteiger partial charge in [0, 0.05) is 27.4 Å². The Kier molecular flexibility index (Phi) is 6.71. The lowest BCUT2D eigenvalue weighted by Crippen LogP contribution is -2.29. The molecule has 1 aromatic carbocycles. The van der Waals surface area contributed by atoms with Crippen molar-refractivity contribution in [2.75, 3.05) is 17.3 Å². The molecule has 5 heteroatoms. The molecule has 0 saturated heterocycles. The largest absolute Gasteiger partial charge is 0.389 e. The van der Waals surface area contributed by atoms with E-state index in [1.165, 1.54) is 30.6 Å². The predicted molar refractivity (Wildman–Crippen MR) is 102 cm³/mol. The van der Waals surface area contributed by atoms with Gasteiger partial charge in [0.05, 0.1) is 0 Å². The van der Waals surface area contributed by atoms with Crippen molar-refractivity contribution in [2.24, 2.45) is 5.73 Å². The summed E-state index contributed by atoms with van der Waals surface area (Å²) in [5.74, 6) is 1.02. The van der Waals surface area contributed by atoms with Gasteiger partial charge in [0.1, 0.15) is 4.99 Å². The third kappa shape index (κ3) is 4.54. The van der Waals surface area contributed by atoms with Crippen LogP contribution in [0.5, 0.6) is 0 Å². The summed E-state index contributed by atoms with van der Waals surface area (Å²) >= 11 is 9.07. The van der Waals surface area contributed by atoms with Gasteiger partial charge in [-0.05, 0) is 43.4 Å². The molecule has 1 aliphatic rings.